The minimum Gasteiger partial charge on any atom is -0.354 e. The van der Waals surface area contributed by atoms with Crippen molar-refractivity contribution in [3.8, 4) is 0 Å². The van der Waals surface area contributed by atoms with Crippen molar-refractivity contribution in [1.82, 2.24) is 14.9 Å². The summed E-state index contributed by atoms with van der Waals surface area (Å²) in [4.78, 5) is 4.62. The average molecular weight is 563 g/mol. The molecule has 0 bridgehead atoms. The molecule has 0 spiro atoms. The Bertz CT molecular complexity index is 818. The van der Waals surface area contributed by atoms with Gasteiger partial charge in [0.2, 0.25) is 10.0 Å². The maximum Gasteiger partial charge on any atom is 0.214 e. The van der Waals surface area contributed by atoms with Crippen LogP contribution in [0.1, 0.15) is 76.3 Å². The lowest BCUT2D eigenvalue weighted by Crippen LogP contribution is -2.50. The molecule has 2 atom stereocenters. The first-order valence-corrected chi connectivity index (χ1v) is 13.1. The van der Waals surface area contributed by atoms with E-state index in [1.54, 1.807) is 4.31 Å². The van der Waals surface area contributed by atoms with Crippen LogP contribution in [0.3, 0.4) is 0 Å². The number of guanidine groups is 1. The highest BCUT2D eigenvalue weighted by molar-refractivity contribution is 14.0. The van der Waals surface area contributed by atoms with Crippen LogP contribution in [-0.4, -0.2) is 56.2 Å². The van der Waals surface area contributed by atoms with E-state index in [4.69, 9.17) is 0 Å². The summed E-state index contributed by atoms with van der Waals surface area (Å²) in [5.74, 6) is 2.20. The number of sulfonamides is 1. The fourth-order valence-corrected chi connectivity index (χ4v) is 5.72. The summed E-state index contributed by atoms with van der Waals surface area (Å²) in [5.41, 5.74) is 2.77. The van der Waals surface area contributed by atoms with Crippen LogP contribution in [0.25, 0.3) is 0 Å². The normalized spacial score (nSPS) is 22.8. The molecule has 1 saturated carbocycles. The molecule has 1 aliphatic heterocycles. The molecule has 1 aromatic rings. The number of nitrogens with one attached hydrogen (secondary N) is 2. The number of halogens is 1. The lowest BCUT2D eigenvalue weighted by molar-refractivity contribution is 0.306. The monoisotopic (exact) mass is 562 g/mol. The lowest BCUT2D eigenvalue weighted by Gasteiger charge is -2.32. The van der Waals surface area contributed by atoms with E-state index in [0.717, 1.165) is 31.8 Å². The van der Waals surface area contributed by atoms with E-state index in [2.05, 4.69) is 53.7 Å². The molecule has 1 saturated heterocycles. The Kier molecular flexibility index (Phi) is 10.1. The second kappa shape index (κ2) is 11.8. The molecular formula is C23H39IN4O2S. The van der Waals surface area contributed by atoms with Crippen molar-refractivity contribution in [2.24, 2.45) is 4.99 Å². The molecule has 176 valence electrons. The Morgan fingerprint density at radius 3 is 2.32 bits per heavy atom. The van der Waals surface area contributed by atoms with Gasteiger partial charge in [-0.2, -0.15) is 0 Å². The highest BCUT2D eigenvalue weighted by Crippen LogP contribution is 2.41. The van der Waals surface area contributed by atoms with Crippen molar-refractivity contribution in [2.45, 2.75) is 77.3 Å². The number of rotatable bonds is 8. The number of aliphatic imine (C=N–C) groups is 1. The summed E-state index contributed by atoms with van der Waals surface area (Å²) >= 11 is 0. The van der Waals surface area contributed by atoms with E-state index >= 15 is 0 Å². The minimum atomic E-state index is -3.09. The zero-order valence-corrected chi connectivity index (χ0v) is 22.4. The lowest BCUT2D eigenvalue weighted by atomic mass is 10.0. The molecular weight excluding hydrogens is 523 g/mol. The van der Waals surface area contributed by atoms with Gasteiger partial charge >= 0.3 is 0 Å². The predicted octanol–water partition coefficient (Wildman–Crippen LogP) is 4.04. The van der Waals surface area contributed by atoms with E-state index in [1.807, 2.05) is 13.8 Å². The SMILES string of the molecule is CCCS(=O)(=O)N1CCC(NC(=NCC)NC2CC2c2ccc(C(C)C)cc2)CC1.I. The summed E-state index contributed by atoms with van der Waals surface area (Å²) in [5, 5.41) is 7.14. The molecule has 2 unspecified atom stereocenters. The Labute approximate surface area is 205 Å². The fraction of sp³-hybridized carbons (Fsp3) is 0.696. The summed E-state index contributed by atoms with van der Waals surface area (Å²) in [6.07, 6.45) is 3.43. The summed E-state index contributed by atoms with van der Waals surface area (Å²) in [7, 11) is -3.09. The molecule has 8 heteroatoms. The standard InChI is InChI=1S/C23H38N4O2S.HI/c1-5-15-30(28,29)27-13-11-20(12-14-27)25-23(24-6-2)26-22-16-21(22)19-9-7-18(8-10-19)17(3)4;/h7-10,17,20-22H,5-6,11-16H2,1-4H3,(H2,24,25,26);1H. The van der Waals surface area contributed by atoms with Crippen molar-refractivity contribution < 1.29 is 8.42 Å². The van der Waals surface area contributed by atoms with E-state index in [-0.39, 0.29) is 35.8 Å². The van der Waals surface area contributed by atoms with E-state index in [9.17, 15) is 8.42 Å². The second-order valence-electron chi connectivity index (χ2n) is 8.87. The van der Waals surface area contributed by atoms with Crippen LogP contribution in [0.15, 0.2) is 29.3 Å². The van der Waals surface area contributed by atoms with Gasteiger partial charge in [0.25, 0.3) is 0 Å². The Balaban J connectivity index is 0.00000341. The van der Waals surface area contributed by atoms with Crippen LogP contribution in [0.5, 0.6) is 0 Å². The van der Waals surface area contributed by atoms with Crippen molar-refractivity contribution in [2.75, 3.05) is 25.4 Å². The zero-order chi connectivity index (χ0) is 21.7. The zero-order valence-electron chi connectivity index (χ0n) is 19.3. The summed E-state index contributed by atoms with van der Waals surface area (Å²) < 4.78 is 26.2. The third kappa shape index (κ3) is 7.32. The Morgan fingerprint density at radius 1 is 1.13 bits per heavy atom. The van der Waals surface area contributed by atoms with Crippen LogP contribution in [0.2, 0.25) is 0 Å². The van der Waals surface area contributed by atoms with Gasteiger partial charge < -0.3 is 10.6 Å². The molecule has 1 heterocycles. The highest BCUT2D eigenvalue weighted by atomic mass is 127. The smallest absolute Gasteiger partial charge is 0.214 e. The van der Waals surface area contributed by atoms with Gasteiger partial charge in [-0.3, -0.25) is 4.99 Å². The molecule has 2 fully saturated rings. The van der Waals surface area contributed by atoms with Crippen molar-refractivity contribution >= 4 is 40.0 Å². The van der Waals surface area contributed by atoms with Crippen molar-refractivity contribution in [3.63, 3.8) is 0 Å². The van der Waals surface area contributed by atoms with Gasteiger partial charge in [0.1, 0.15) is 0 Å². The van der Waals surface area contributed by atoms with Crippen LogP contribution in [-0.2, 0) is 10.0 Å². The molecule has 0 radical (unpaired) electrons. The first-order valence-electron chi connectivity index (χ1n) is 11.5. The fourth-order valence-electron chi connectivity index (χ4n) is 4.18. The third-order valence-corrected chi connectivity index (χ3v) is 8.19. The second-order valence-corrected chi connectivity index (χ2v) is 11.0. The van der Waals surface area contributed by atoms with Gasteiger partial charge in [-0.05, 0) is 49.7 Å². The summed E-state index contributed by atoms with van der Waals surface area (Å²) in [6.45, 7) is 10.3. The van der Waals surface area contributed by atoms with Crippen LogP contribution in [0, 0.1) is 0 Å². The number of hydrogen-bond acceptors (Lipinski definition) is 3. The molecule has 1 aliphatic carbocycles. The molecule has 1 aromatic carbocycles. The van der Waals surface area contributed by atoms with Gasteiger partial charge in [-0.1, -0.05) is 45.0 Å². The number of piperidine rings is 1. The maximum atomic E-state index is 12.3. The largest absolute Gasteiger partial charge is 0.354 e. The number of nitrogens with zero attached hydrogens (tertiary/aromatic N) is 2. The first-order chi connectivity index (χ1) is 14.3. The molecule has 0 amide bonds. The van der Waals surface area contributed by atoms with E-state index in [0.29, 0.717) is 37.4 Å². The molecule has 2 N–H and O–H groups in total. The number of hydrogen-bond donors (Lipinski definition) is 2. The summed E-state index contributed by atoms with van der Waals surface area (Å²) in [6, 6.07) is 9.69. The quantitative estimate of drug-likeness (QED) is 0.285. The Hall–Kier alpha value is -0.870. The van der Waals surface area contributed by atoms with Gasteiger partial charge in [0.05, 0.1) is 5.75 Å². The van der Waals surface area contributed by atoms with Crippen LogP contribution < -0.4 is 10.6 Å². The third-order valence-electron chi connectivity index (χ3n) is 6.11. The molecule has 2 aliphatic rings. The predicted molar refractivity (Wildman–Crippen MR) is 140 cm³/mol. The minimum absolute atomic E-state index is 0. The van der Waals surface area contributed by atoms with Gasteiger partial charge in [-0.25, -0.2) is 12.7 Å². The number of benzene rings is 1. The van der Waals surface area contributed by atoms with Crippen molar-refractivity contribution in [1.29, 1.82) is 0 Å². The average Bonchev–Trinajstić information content (AvgIpc) is 3.47. The highest BCUT2D eigenvalue weighted by Gasteiger charge is 2.39. The molecule has 6 nitrogen and oxygen atoms in total. The van der Waals surface area contributed by atoms with Crippen LogP contribution >= 0.6 is 24.0 Å². The van der Waals surface area contributed by atoms with Crippen molar-refractivity contribution in [3.05, 3.63) is 35.4 Å². The first kappa shape index (κ1) is 26.4. The Morgan fingerprint density at radius 2 is 1.77 bits per heavy atom. The molecule has 0 aromatic heterocycles. The van der Waals surface area contributed by atoms with Gasteiger partial charge in [0.15, 0.2) is 5.96 Å². The topological polar surface area (TPSA) is 73.8 Å². The van der Waals surface area contributed by atoms with E-state index in [1.165, 1.54) is 11.1 Å². The molecule has 31 heavy (non-hydrogen) atoms. The van der Waals surface area contributed by atoms with Gasteiger partial charge in [0, 0.05) is 37.6 Å². The van der Waals surface area contributed by atoms with E-state index < -0.39 is 10.0 Å². The maximum absolute atomic E-state index is 12.3. The van der Waals surface area contributed by atoms with Crippen LogP contribution in [0.4, 0.5) is 0 Å². The molecule has 3 rings (SSSR count). The van der Waals surface area contributed by atoms with Gasteiger partial charge in [-0.15, -0.1) is 24.0 Å².